The molecule has 13 heavy (non-hydrogen) atoms. The molecule has 1 nitrogen and oxygen atoms in total. The van der Waals surface area contributed by atoms with E-state index >= 15 is 0 Å². The molecule has 1 aromatic rings. The van der Waals surface area contributed by atoms with Crippen LogP contribution in [0.15, 0.2) is 40.9 Å². The van der Waals surface area contributed by atoms with Gasteiger partial charge in [0, 0.05) is 10.9 Å². The van der Waals surface area contributed by atoms with Crippen molar-refractivity contribution in [1.82, 2.24) is 0 Å². The molecule has 0 fully saturated rings. The number of halogens is 1. The number of ketones is 1. The quantitative estimate of drug-likeness (QED) is 0.740. The van der Waals surface area contributed by atoms with Crippen LogP contribution in [0.3, 0.4) is 0 Å². The lowest BCUT2D eigenvalue weighted by Gasteiger charge is -1.99. The molecule has 0 heterocycles. The minimum Gasteiger partial charge on any atom is -0.294 e. The SMILES string of the molecule is C/C=C/C(=O)Cc1ccccc1Br. The van der Waals surface area contributed by atoms with Gasteiger partial charge < -0.3 is 0 Å². The van der Waals surface area contributed by atoms with E-state index in [-0.39, 0.29) is 5.78 Å². The van der Waals surface area contributed by atoms with Gasteiger partial charge in [0.1, 0.15) is 0 Å². The highest BCUT2D eigenvalue weighted by atomic mass is 79.9. The maximum Gasteiger partial charge on any atom is 0.159 e. The first kappa shape index (κ1) is 10.2. The largest absolute Gasteiger partial charge is 0.294 e. The molecule has 0 spiro atoms. The summed E-state index contributed by atoms with van der Waals surface area (Å²) >= 11 is 3.40. The summed E-state index contributed by atoms with van der Waals surface area (Å²) in [5.74, 6) is 0.134. The summed E-state index contributed by atoms with van der Waals surface area (Å²) in [4.78, 5) is 11.3. The Bertz CT molecular complexity index is 329. The van der Waals surface area contributed by atoms with Crippen molar-refractivity contribution >= 4 is 21.7 Å². The Morgan fingerprint density at radius 2 is 2.15 bits per heavy atom. The third-order valence-electron chi connectivity index (χ3n) is 1.68. The number of carbonyl (C=O) groups excluding carboxylic acids is 1. The zero-order chi connectivity index (χ0) is 9.68. The van der Waals surface area contributed by atoms with Crippen LogP contribution in [-0.4, -0.2) is 5.78 Å². The van der Waals surface area contributed by atoms with Crippen LogP contribution in [0.2, 0.25) is 0 Å². The van der Waals surface area contributed by atoms with E-state index < -0.39 is 0 Å². The second-order valence-electron chi connectivity index (χ2n) is 2.73. The monoisotopic (exact) mass is 238 g/mol. The van der Waals surface area contributed by atoms with E-state index in [2.05, 4.69) is 15.9 Å². The van der Waals surface area contributed by atoms with Crippen molar-refractivity contribution in [3.63, 3.8) is 0 Å². The molecule has 2 heteroatoms. The zero-order valence-corrected chi connectivity index (χ0v) is 9.04. The number of rotatable bonds is 3. The minimum absolute atomic E-state index is 0.134. The summed E-state index contributed by atoms with van der Waals surface area (Å²) in [6.45, 7) is 1.85. The fraction of sp³-hybridized carbons (Fsp3) is 0.182. The molecule has 0 amide bonds. The first-order valence-corrected chi connectivity index (χ1v) is 4.92. The standard InChI is InChI=1S/C11H11BrO/c1-2-5-10(13)8-9-6-3-4-7-11(9)12/h2-7H,8H2,1H3/b5-2+. The Kier molecular flexibility index (Phi) is 3.90. The number of hydrogen-bond acceptors (Lipinski definition) is 1. The van der Waals surface area contributed by atoms with Crippen molar-refractivity contribution in [3.8, 4) is 0 Å². The molecule has 0 aliphatic carbocycles. The summed E-state index contributed by atoms with van der Waals surface area (Å²) in [6, 6.07) is 7.76. The van der Waals surface area contributed by atoms with E-state index in [9.17, 15) is 4.79 Å². The van der Waals surface area contributed by atoms with Crippen molar-refractivity contribution in [1.29, 1.82) is 0 Å². The minimum atomic E-state index is 0.134. The van der Waals surface area contributed by atoms with Gasteiger partial charge in [0.2, 0.25) is 0 Å². The van der Waals surface area contributed by atoms with E-state index in [0.29, 0.717) is 6.42 Å². The van der Waals surface area contributed by atoms with Crippen LogP contribution in [0.25, 0.3) is 0 Å². The molecule has 68 valence electrons. The van der Waals surface area contributed by atoms with Crippen LogP contribution in [0.5, 0.6) is 0 Å². The lowest BCUT2D eigenvalue weighted by molar-refractivity contribution is -0.114. The van der Waals surface area contributed by atoms with Gasteiger partial charge in [-0.15, -0.1) is 0 Å². The van der Waals surface area contributed by atoms with Crippen molar-refractivity contribution in [2.75, 3.05) is 0 Å². The van der Waals surface area contributed by atoms with Crippen molar-refractivity contribution in [3.05, 3.63) is 46.5 Å². The van der Waals surface area contributed by atoms with Gasteiger partial charge in [0.05, 0.1) is 0 Å². The lowest BCUT2D eigenvalue weighted by Crippen LogP contribution is -1.98. The molecule has 0 saturated heterocycles. The molecule has 0 unspecified atom stereocenters. The third-order valence-corrected chi connectivity index (χ3v) is 2.45. The molecular formula is C11H11BrO. The van der Waals surface area contributed by atoms with Crippen molar-refractivity contribution in [2.45, 2.75) is 13.3 Å². The van der Waals surface area contributed by atoms with E-state index in [4.69, 9.17) is 0 Å². The third kappa shape index (κ3) is 3.15. The first-order chi connectivity index (χ1) is 6.24. The second kappa shape index (κ2) is 4.97. The summed E-state index contributed by atoms with van der Waals surface area (Å²) in [5, 5.41) is 0. The molecule has 0 bridgehead atoms. The highest BCUT2D eigenvalue weighted by Crippen LogP contribution is 2.16. The van der Waals surface area contributed by atoms with Crippen LogP contribution in [0.1, 0.15) is 12.5 Å². The van der Waals surface area contributed by atoms with Gasteiger partial charge in [0.15, 0.2) is 5.78 Å². The van der Waals surface area contributed by atoms with Crippen molar-refractivity contribution < 1.29 is 4.79 Å². The Morgan fingerprint density at radius 3 is 2.77 bits per heavy atom. The van der Waals surface area contributed by atoms with Crippen LogP contribution in [0, 0.1) is 0 Å². The van der Waals surface area contributed by atoms with Gasteiger partial charge in [-0.05, 0) is 24.6 Å². The average molecular weight is 239 g/mol. The molecule has 1 aromatic carbocycles. The Balaban J connectivity index is 2.74. The molecule has 0 aliphatic rings. The number of benzene rings is 1. The zero-order valence-electron chi connectivity index (χ0n) is 7.46. The predicted molar refractivity (Wildman–Crippen MR) is 57.7 cm³/mol. The van der Waals surface area contributed by atoms with E-state index in [1.807, 2.05) is 31.2 Å². The summed E-state index contributed by atoms with van der Waals surface area (Å²) in [7, 11) is 0. The lowest BCUT2D eigenvalue weighted by atomic mass is 10.1. The molecule has 0 saturated carbocycles. The van der Waals surface area contributed by atoms with Gasteiger partial charge >= 0.3 is 0 Å². The van der Waals surface area contributed by atoms with Gasteiger partial charge in [-0.2, -0.15) is 0 Å². The molecule has 1 rings (SSSR count). The van der Waals surface area contributed by atoms with Crippen LogP contribution in [0.4, 0.5) is 0 Å². The number of hydrogen-bond donors (Lipinski definition) is 0. The maximum atomic E-state index is 11.3. The van der Waals surface area contributed by atoms with Gasteiger partial charge in [-0.1, -0.05) is 40.2 Å². The van der Waals surface area contributed by atoms with Gasteiger partial charge in [-0.3, -0.25) is 4.79 Å². The topological polar surface area (TPSA) is 17.1 Å². The second-order valence-corrected chi connectivity index (χ2v) is 3.59. The molecule has 0 radical (unpaired) electrons. The predicted octanol–water partition coefficient (Wildman–Crippen LogP) is 3.14. The smallest absolute Gasteiger partial charge is 0.159 e. The summed E-state index contributed by atoms with van der Waals surface area (Å²) in [6.07, 6.45) is 3.82. The van der Waals surface area contributed by atoms with E-state index in [1.165, 1.54) is 0 Å². The highest BCUT2D eigenvalue weighted by Gasteiger charge is 2.02. The fourth-order valence-electron chi connectivity index (χ4n) is 1.07. The number of allylic oxidation sites excluding steroid dienone is 2. The summed E-state index contributed by atoms with van der Waals surface area (Å²) in [5.41, 5.74) is 1.03. The van der Waals surface area contributed by atoms with Gasteiger partial charge in [-0.25, -0.2) is 0 Å². The molecule has 0 atom stereocenters. The van der Waals surface area contributed by atoms with E-state index in [1.54, 1.807) is 12.2 Å². The maximum absolute atomic E-state index is 11.3. The normalized spacial score (nSPS) is 10.6. The first-order valence-electron chi connectivity index (χ1n) is 4.13. The van der Waals surface area contributed by atoms with Crippen LogP contribution in [-0.2, 0) is 11.2 Å². The molecule has 0 aliphatic heterocycles. The van der Waals surface area contributed by atoms with Crippen LogP contribution >= 0.6 is 15.9 Å². The molecule has 0 N–H and O–H groups in total. The highest BCUT2D eigenvalue weighted by molar-refractivity contribution is 9.10. The van der Waals surface area contributed by atoms with E-state index in [0.717, 1.165) is 10.0 Å². The summed E-state index contributed by atoms with van der Waals surface area (Å²) < 4.78 is 0.993. The fourth-order valence-corrected chi connectivity index (χ4v) is 1.50. The van der Waals surface area contributed by atoms with Crippen LogP contribution < -0.4 is 0 Å². The molecular weight excluding hydrogens is 228 g/mol. The van der Waals surface area contributed by atoms with Crippen molar-refractivity contribution in [2.24, 2.45) is 0 Å². The molecule has 0 aromatic heterocycles. The Labute approximate surface area is 86.6 Å². The van der Waals surface area contributed by atoms with Gasteiger partial charge in [0.25, 0.3) is 0 Å². The Morgan fingerprint density at radius 1 is 1.46 bits per heavy atom. The average Bonchev–Trinajstić information content (AvgIpc) is 2.09. The Hall–Kier alpha value is -0.890. The number of carbonyl (C=O) groups is 1.